The van der Waals surface area contributed by atoms with Crippen LogP contribution in [0.4, 0.5) is 0 Å². The lowest BCUT2D eigenvalue weighted by molar-refractivity contribution is 0.115. The van der Waals surface area contributed by atoms with Crippen molar-refractivity contribution in [3.63, 3.8) is 0 Å². The van der Waals surface area contributed by atoms with E-state index in [1.807, 2.05) is 6.07 Å². The highest BCUT2D eigenvalue weighted by Crippen LogP contribution is 2.27. The van der Waals surface area contributed by atoms with Crippen molar-refractivity contribution in [2.75, 3.05) is 6.54 Å². The molecule has 19 heavy (non-hydrogen) atoms. The summed E-state index contributed by atoms with van der Waals surface area (Å²) in [6.45, 7) is 3.95. The fraction of sp³-hybridized carbons (Fsp3) is 0.438. The Hall–Kier alpha value is -1.61. The van der Waals surface area contributed by atoms with Crippen molar-refractivity contribution < 1.29 is 4.74 Å². The number of hydrogen-bond donors (Lipinski definition) is 1. The third kappa shape index (κ3) is 2.71. The molecule has 3 heteroatoms. The van der Waals surface area contributed by atoms with Gasteiger partial charge in [-0.05, 0) is 37.4 Å². The van der Waals surface area contributed by atoms with E-state index in [-0.39, 0.29) is 0 Å². The Balaban J connectivity index is 1.93. The summed E-state index contributed by atoms with van der Waals surface area (Å²) < 4.78 is 5.94. The molecule has 0 spiro atoms. The van der Waals surface area contributed by atoms with Gasteiger partial charge in [0.15, 0.2) is 0 Å². The second-order valence-electron chi connectivity index (χ2n) is 5.09. The Kier molecular flexibility index (Phi) is 3.65. The first kappa shape index (κ1) is 12.4. The predicted molar refractivity (Wildman–Crippen MR) is 77.4 cm³/mol. The molecule has 1 aliphatic rings. The molecule has 1 saturated carbocycles. The molecule has 0 saturated heterocycles. The van der Waals surface area contributed by atoms with Crippen molar-refractivity contribution in [1.29, 1.82) is 0 Å². The number of ether oxygens (including phenoxy) is 1. The zero-order chi connectivity index (χ0) is 13.1. The Morgan fingerprint density at radius 1 is 1.32 bits per heavy atom. The highest BCUT2D eigenvalue weighted by Gasteiger charge is 2.20. The molecule has 3 nitrogen and oxygen atoms in total. The van der Waals surface area contributed by atoms with Gasteiger partial charge in [-0.2, -0.15) is 0 Å². The third-order valence-corrected chi connectivity index (χ3v) is 3.68. The molecule has 0 aliphatic heterocycles. The van der Waals surface area contributed by atoms with E-state index in [9.17, 15) is 0 Å². The van der Waals surface area contributed by atoms with Crippen molar-refractivity contribution in [1.82, 2.24) is 10.3 Å². The largest absolute Gasteiger partial charge is 0.474 e. The topological polar surface area (TPSA) is 34.1 Å². The van der Waals surface area contributed by atoms with E-state index in [0.29, 0.717) is 6.10 Å². The summed E-state index contributed by atoms with van der Waals surface area (Å²) in [4.78, 5) is 4.62. The van der Waals surface area contributed by atoms with Gasteiger partial charge >= 0.3 is 0 Å². The molecule has 1 heterocycles. The summed E-state index contributed by atoms with van der Waals surface area (Å²) in [6, 6.07) is 10.4. The quantitative estimate of drug-likeness (QED) is 0.891. The maximum absolute atomic E-state index is 5.94. The van der Waals surface area contributed by atoms with Crippen LogP contribution in [0, 0.1) is 0 Å². The summed E-state index contributed by atoms with van der Waals surface area (Å²) in [5.74, 6) is 0.774. The lowest BCUT2D eigenvalue weighted by Gasteiger charge is -2.26. The molecule has 1 aromatic heterocycles. The lowest BCUT2D eigenvalue weighted by atomic mass is 9.96. The lowest BCUT2D eigenvalue weighted by Crippen LogP contribution is -2.25. The minimum absolute atomic E-state index is 0.376. The van der Waals surface area contributed by atoms with Gasteiger partial charge < -0.3 is 10.1 Å². The molecule has 0 bridgehead atoms. The molecular formula is C16H20N2O. The second kappa shape index (κ2) is 5.57. The van der Waals surface area contributed by atoms with Gasteiger partial charge in [0.2, 0.25) is 5.88 Å². The van der Waals surface area contributed by atoms with E-state index in [2.05, 4.69) is 41.5 Å². The first-order chi connectivity index (χ1) is 9.36. The normalized spacial score (nSPS) is 15.4. The molecule has 1 aliphatic carbocycles. The Labute approximate surface area is 114 Å². The molecule has 100 valence electrons. The van der Waals surface area contributed by atoms with Crippen LogP contribution < -0.4 is 10.1 Å². The third-order valence-electron chi connectivity index (χ3n) is 3.68. The molecule has 0 amide bonds. The summed E-state index contributed by atoms with van der Waals surface area (Å²) in [6.07, 6.45) is 3.98. The van der Waals surface area contributed by atoms with E-state index in [4.69, 9.17) is 4.74 Å². The molecule has 0 radical (unpaired) electrons. The van der Waals surface area contributed by atoms with Crippen LogP contribution in [0.3, 0.4) is 0 Å². The maximum Gasteiger partial charge on any atom is 0.214 e. The number of nitrogens with one attached hydrogen (secondary N) is 1. The number of pyridine rings is 1. The highest BCUT2D eigenvalue weighted by molar-refractivity contribution is 5.82. The average molecular weight is 256 g/mol. The molecule has 2 aromatic rings. The monoisotopic (exact) mass is 256 g/mol. The molecule has 3 rings (SSSR count). The summed E-state index contributed by atoms with van der Waals surface area (Å²) in [5, 5.41) is 4.59. The van der Waals surface area contributed by atoms with Crippen LogP contribution in [0.1, 0.15) is 31.7 Å². The molecule has 0 atom stereocenters. The summed E-state index contributed by atoms with van der Waals surface area (Å²) >= 11 is 0. The predicted octanol–water partition coefficient (Wildman–Crippen LogP) is 3.28. The van der Waals surface area contributed by atoms with E-state index >= 15 is 0 Å². The zero-order valence-electron chi connectivity index (χ0n) is 11.4. The summed E-state index contributed by atoms with van der Waals surface area (Å²) in [5.41, 5.74) is 2.29. The Bertz CT molecular complexity index is 564. The van der Waals surface area contributed by atoms with Crippen molar-refractivity contribution in [3.8, 4) is 5.88 Å². The number of para-hydroxylation sites is 1. The van der Waals surface area contributed by atoms with Crippen molar-refractivity contribution in [3.05, 3.63) is 35.9 Å². The van der Waals surface area contributed by atoms with Gasteiger partial charge in [0, 0.05) is 18.0 Å². The van der Waals surface area contributed by atoms with E-state index < -0.39 is 0 Å². The Morgan fingerprint density at radius 3 is 2.89 bits per heavy atom. The van der Waals surface area contributed by atoms with E-state index in [1.54, 1.807) is 0 Å². The van der Waals surface area contributed by atoms with Gasteiger partial charge in [-0.1, -0.05) is 25.1 Å². The average Bonchev–Trinajstić information content (AvgIpc) is 2.40. The van der Waals surface area contributed by atoms with Gasteiger partial charge in [-0.15, -0.1) is 0 Å². The van der Waals surface area contributed by atoms with Crippen molar-refractivity contribution in [2.24, 2.45) is 0 Å². The number of fused-ring (bicyclic) bond motifs is 1. The SMILES string of the molecule is CCNCc1cc(OC2CCC2)nc2ccccc12. The first-order valence-corrected chi connectivity index (χ1v) is 7.13. The number of aromatic nitrogens is 1. The van der Waals surface area contributed by atoms with Crippen LogP contribution in [0.25, 0.3) is 10.9 Å². The van der Waals surface area contributed by atoms with E-state index in [1.165, 1.54) is 17.4 Å². The molecular weight excluding hydrogens is 236 g/mol. The minimum Gasteiger partial charge on any atom is -0.474 e. The highest BCUT2D eigenvalue weighted by atomic mass is 16.5. The van der Waals surface area contributed by atoms with Crippen LogP contribution in [-0.2, 0) is 6.54 Å². The Morgan fingerprint density at radius 2 is 2.16 bits per heavy atom. The van der Waals surface area contributed by atoms with Crippen LogP contribution in [0.2, 0.25) is 0 Å². The number of benzene rings is 1. The second-order valence-corrected chi connectivity index (χ2v) is 5.09. The van der Waals surface area contributed by atoms with Crippen LogP contribution in [0.15, 0.2) is 30.3 Å². The fourth-order valence-electron chi connectivity index (χ4n) is 2.35. The van der Waals surface area contributed by atoms with Gasteiger partial charge in [0.25, 0.3) is 0 Å². The minimum atomic E-state index is 0.376. The van der Waals surface area contributed by atoms with Crippen LogP contribution >= 0.6 is 0 Å². The van der Waals surface area contributed by atoms with Crippen molar-refractivity contribution in [2.45, 2.75) is 38.8 Å². The number of rotatable bonds is 5. The van der Waals surface area contributed by atoms with Gasteiger partial charge in [0.1, 0.15) is 6.10 Å². The molecule has 1 N–H and O–H groups in total. The van der Waals surface area contributed by atoms with E-state index in [0.717, 1.165) is 37.3 Å². The molecule has 1 aromatic carbocycles. The zero-order valence-corrected chi connectivity index (χ0v) is 11.4. The molecule has 0 unspecified atom stereocenters. The number of nitrogens with zero attached hydrogens (tertiary/aromatic N) is 1. The fourth-order valence-corrected chi connectivity index (χ4v) is 2.35. The van der Waals surface area contributed by atoms with Gasteiger partial charge in [-0.25, -0.2) is 4.98 Å². The summed E-state index contributed by atoms with van der Waals surface area (Å²) in [7, 11) is 0. The number of hydrogen-bond acceptors (Lipinski definition) is 3. The van der Waals surface area contributed by atoms with Crippen LogP contribution in [-0.4, -0.2) is 17.6 Å². The van der Waals surface area contributed by atoms with Crippen LogP contribution in [0.5, 0.6) is 5.88 Å². The standard InChI is InChI=1S/C16H20N2O/c1-2-17-11-12-10-16(19-13-6-5-7-13)18-15-9-4-3-8-14(12)15/h3-4,8-10,13,17H,2,5-7,11H2,1H3. The first-order valence-electron chi connectivity index (χ1n) is 7.13. The van der Waals surface area contributed by atoms with Gasteiger partial charge in [0.05, 0.1) is 5.52 Å². The van der Waals surface area contributed by atoms with Gasteiger partial charge in [-0.3, -0.25) is 0 Å². The maximum atomic E-state index is 5.94. The molecule has 1 fully saturated rings. The van der Waals surface area contributed by atoms with Crippen molar-refractivity contribution >= 4 is 10.9 Å². The smallest absolute Gasteiger partial charge is 0.214 e.